The van der Waals surface area contributed by atoms with Crippen molar-refractivity contribution in [2.45, 2.75) is 52.4 Å². The molecule has 0 spiro atoms. The molecule has 0 saturated carbocycles. The Morgan fingerprint density at radius 3 is 1.96 bits per heavy atom. The topological polar surface area (TPSA) is 33.5 Å². The molecule has 2 aromatic heterocycles. The molecule has 250 valence electrons. The van der Waals surface area contributed by atoms with Gasteiger partial charge in [-0.3, -0.25) is 4.57 Å². The first-order valence-corrected chi connectivity index (χ1v) is 17.2. The molecule has 5 aromatic carbocycles. The van der Waals surface area contributed by atoms with Gasteiger partial charge in [0, 0.05) is 40.5 Å². The second-order valence-electron chi connectivity index (χ2n) is 15.2. The van der Waals surface area contributed by atoms with Crippen LogP contribution in [-0.2, 0) is 10.8 Å². The van der Waals surface area contributed by atoms with E-state index < -0.39 is 0 Å². The number of rotatable bonds is 5. The van der Waals surface area contributed by atoms with E-state index in [-0.39, 0.29) is 16.6 Å². The standard InChI is InChI=1S/C44H41FN4O/c1-43(2,3)29-11-9-12-32(23-29)47-28-48(40-16-8-7-15-39(40)47)33-13-10-14-34(26-33)50-35-18-19-36-37-25-31(45)17-20-38(37)49(41(36)27-35)42-24-30(21-22-46-42)44(4,5)6/h7-27H,28H2,1-6H3. The van der Waals surface area contributed by atoms with Gasteiger partial charge in [0.05, 0.1) is 22.4 Å². The number of pyridine rings is 1. The van der Waals surface area contributed by atoms with Crippen LogP contribution in [0.5, 0.6) is 11.5 Å². The highest BCUT2D eigenvalue weighted by atomic mass is 19.1. The minimum Gasteiger partial charge on any atom is -0.457 e. The molecule has 0 amide bonds. The van der Waals surface area contributed by atoms with Gasteiger partial charge in [0.2, 0.25) is 0 Å². The summed E-state index contributed by atoms with van der Waals surface area (Å²) in [5, 5.41) is 1.77. The lowest BCUT2D eigenvalue weighted by Crippen LogP contribution is -2.24. The zero-order valence-electron chi connectivity index (χ0n) is 29.4. The second-order valence-corrected chi connectivity index (χ2v) is 15.2. The highest BCUT2D eigenvalue weighted by Crippen LogP contribution is 2.45. The Morgan fingerprint density at radius 2 is 1.24 bits per heavy atom. The molecule has 6 heteroatoms. The van der Waals surface area contributed by atoms with Crippen LogP contribution in [0.4, 0.5) is 27.1 Å². The zero-order chi connectivity index (χ0) is 34.8. The van der Waals surface area contributed by atoms with Gasteiger partial charge < -0.3 is 14.5 Å². The van der Waals surface area contributed by atoms with Gasteiger partial charge in [-0.25, -0.2) is 9.37 Å². The van der Waals surface area contributed by atoms with Crippen LogP contribution in [0.15, 0.2) is 128 Å². The van der Waals surface area contributed by atoms with Gasteiger partial charge in [-0.1, -0.05) is 71.9 Å². The van der Waals surface area contributed by atoms with E-state index in [1.165, 1.54) is 28.6 Å². The number of hydrogen-bond acceptors (Lipinski definition) is 4. The summed E-state index contributed by atoms with van der Waals surface area (Å²) in [4.78, 5) is 9.47. The fourth-order valence-electron chi connectivity index (χ4n) is 6.94. The first kappa shape index (κ1) is 31.6. The minimum atomic E-state index is -0.269. The van der Waals surface area contributed by atoms with Crippen LogP contribution in [0, 0.1) is 5.82 Å². The number of ether oxygens (including phenoxy) is 1. The lowest BCUT2D eigenvalue weighted by molar-refractivity contribution is 0.483. The molecule has 7 aromatic rings. The van der Waals surface area contributed by atoms with Crippen molar-refractivity contribution in [3.05, 3.63) is 144 Å². The van der Waals surface area contributed by atoms with Gasteiger partial charge in [-0.05, 0) is 101 Å². The summed E-state index contributed by atoms with van der Waals surface area (Å²) in [6.45, 7) is 14.0. The van der Waals surface area contributed by atoms with Crippen LogP contribution in [0.2, 0.25) is 0 Å². The average molecular weight is 661 g/mol. The molecule has 0 aliphatic carbocycles. The number of nitrogens with zero attached hydrogens (tertiary/aromatic N) is 4. The minimum absolute atomic E-state index is 0.0504. The van der Waals surface area contributed by atoms with Crippen molar-refractivity contribution >= 4 is 44.6 Å². The summed E-state index contributed by atoms with van der Waals surface area (Å²) >= 11 is 0. The lowest BCUT2D eigenvalue weighted by atomic mass is 9.87. The van der Waals surface area contributed by atoms with Gasteiger partial charge >= 0.3 is 0 Å². The van der Waals surface area contributed by atoms with E-state index in [4.69, 9.17) is 9.72 Å². The number of hydrogen-bond donors (Lipinski definition) is 0. The van der Waals surface area contributed by atoms with Crippen LogP contribution >= 0.6 is 0 Å². The van der Waals surface area contributed by atoms with E-state index in [1.54, 1.807) is 6.07 Å². The number of anilines is 4. The van der Waals surface area contributed by atoms with E-state index >= 15 is 0 Å². The molecule has 3 heterocycles. The summed E-state index contributed by atoms with van der Waals surface area (Å²) in [6.07, 6.45) is 1.85. The number of aromatic nitrogens is 2. The van der Waals surface area contributed by atoms with Crippen molar-refractivity contribution in [2.75, 3.05) is 16.5 Å². The molecular formula is C44H41FN4O. The van der Waals surface area contributed by atoms with E-state index in [2.05, 4.69) is 129 Å². The molecule has 0 bridgehead atoms. The third-order valence-corrected chi connectivity index (χ3v) is 9.68. The van der Waals surface area contributed by atoms with Gasteiger partial charge in [0.1, 0.15) is 29.8 Å². The molecule has 0 atom stereocenters. The summed E-state index contributed by atoms with van der Waals surface area (Å²) in [5.41, 5.74) is 8.81. The third kappa shape index (κ3) is 5.65. The normalized spacial score (nSPS) is 13.3. The van der Waals surface area contributed by atoms with E-state index in [0.29, 0.717) is 12.4 Å². The molecule has 5 nitrogen and oxygen atoms in total. The Balaban J connectivity index is 1.16. The molecule has 1 aliphatic heterocycles. The van der Waals surface area contributed by atoms with Crippen LogP contribution in [-0.4, -0.2) is 16.2 Å². The van der Waals surface area contributed by atoms with Crippen LogP contribution in [0.1, 0.15) is 52.7 Å². The predicted molar refractivity (Wildman–Crippen MR) is 204 cm³/mol. The Morgan fingerprint density at radius 1 is 0.580 bits per heavy atom. The van der Waals surface area contributed by atoms with Crippen molar-refractivity contribution in [3.63, 3.8) is 0 Å². The quantitative estimate of drug-likeness (QED) is 0.184. The second kappa shape index (κ2) is 11.8. The maximum atomic E-state index is 14.6. The smallest absolute Gasteiger partial charge is 0.137 e. The predicted octanol–water partition coefficient (Wildman–Crippen LogP) is 12.0. The fraction of sp³-hybridized carbons (Fsp3) is 0.205. The Kier molecular flexibility index (Phi) is 7.44. The SMILES string of the molecule is CC(C)(C)c1cccc(N2CN(c3cccc(Oc4ccc5c6cc(F)ccc6n(-c6cc(C(C)(C)C)ccn6)c5c4)c3)c3ccccc32)c1. The Hall–Kier alpha value is -5.62. The maximum Gasteiger partial charge on any atom is 0.137 e. The first-order valence-electron chi connectivity index (χ1n) is 17.2. The monoisotopic (exact) mass is 660 g/mol. The molecular weight excluding hydrogens is 620 g/mol. The van der Waals surface area contributed by atoms with Crippen molar-refractivity contribution < 1.29 is 9.13 Å². The number of fused-ring (bicyclic) bond motifs is 4. The van der Waals surface area contributed by atoms with Gasteiger partial charge in [0.15, 0.2) is 0 Å². The Labute approximate surface area is 293 Å². The first-order chi connectivity index (χ1) is 23.9. The molecule has 0 unspecified atom stereocenters. The fourth-order valence-corrected chi connectivity index (χ4v) is 6.94. The molecule has 0 saturated heterocycles. The summed E-state index contributed by atoms with van der Waals surface area (Å²) < 4.78 is 23.2. The lowest BCUT2D eigenvalue weighted by Gasteiger charge is -2.25. The van der Waals surface area contributed by atoms with E-state index in [0.717, 1.165) is 44.7 Å². The van der Waals surface area contributed by atoms with Crippen molar-refractivity contribution in [2.24, 2.45) is 0 Å². The van der Waals surface area contributed by atoms with Gasteiger partial charge in [-0.15, -0.1) is 0 Å². The van der Waals surface area contributed by atoms with Gasteiger partial charge in [0.25, 0.3) is 0 Å². The molecule has 0 N–H and O–H groups in total. The van der Waals surface area contributed by atoms with Crippen LogP contribution < -0.4 is 14.5 Å². The van der Waals surface area contributed by atoms with Crippen molar-refractivity contribution in [1.82, 2.24) is 9.55 Å². The summed E-state index contributed by atoms with van der Waals surface area (Å²) in [5.74, 6) is 1.94. The summed E-state index contributed by atoms with van der Waals surface area (Å²) in [6, 6.07) is 40.8. The maximum absolute atomic E-state index is 14.6. The van der Waals surface area contributed by atoms with Crippen LogP contribution in [0.3, 0.4) is 0 Å². The van der Waals surface area contributed by atoms with Gasteiger partial charge in [-0.2, -0.15) is 0 Å². The number of para-hydroxylation sites is 2. The third-order valence-electron chi connectivity index (χ3n) is 9.68. The average Bonchev–Trinajstić information content (AvgIpc) is 3.63. The number of halogens is 1. The highest BCUT2D eigenvalue weighted by molar-refractivity contribution is 6.09. The van der Waals surface area contributed by atoms with E-state index in [9.17, 15) is 4.39 Å². The summed E-state index contributed by atoms with van der Waals surface area (Å²) in [7, 11) is 0. The molecule has 8 rings (SSSR count). The van der Waals surface area contributed by atoms with E-state index in [1.807, 2.05) is 42.6 Å². The van der Waals surface area contributed by atoms with Crippen molar-refractivity contribution in [1.29, 1.82) is 0 Å². The van der Waals surface area contributed by atoms with Crippen molar-refractivity contribution in [3.8, 4) is 17.3 Å². The van der Waals surface area contributed by atoms with Crippen LogP contribution in [0.25, 0.3) is 27.6 Å². The molecule has 0 radical (unpaired) electrons. The highest BCUT2D eigenvalue weighted by Gasteiger charge is 2.29. The molecule has 1 aliphatic rings. The largest absolute Gasteiger partial charge is 0.457 e. The molecule has 50 heavy (non-hydrogen) atoms. The zero-order valence-corrected chi connectivity index (χ0v) is 29.4. The number of benzene rings is 5. The molecule has 0 fully saturated rings. The Bertz CT molecular complexity index is 2400.